The van der Waals surface area contributed by atoms with Crippen molar-refractivity contribution >= 4 is 5.78 Å². The van der Waals surface area contributed by atoms with E-state index in [0.29, 0.717) is 29.4 Å². The van der Waals surface area contributed by atoms with Crippen molar-refractivity contribution in [2.75, 3.05) is 20.8 Å². The van der Waals surface area contributed by atoms with Crippen LogP contribution in [0.15, 0.2) is 24.8 Å². The Morgan fingerprint density at radius 1 is 1.24 bits per heavy atom. The molecule has 0 aliphatic heterocycles. The Kier molecular flexibility index (Phi) is 4.57. The van der Waals surface area contributed by atoms with Gasteiger partial charge in [0.2, 0.25) is 0 Å². The van der Waals surface area contributed by atoms with Crippen LogP contribution in [0.1, 0.15) is 17.3 Å². The highest BCUT2D eigenvalue weighted by Gasteiger charge is 2.14. The Bertz CT molecular complexity index is 424. The molecular formula is C13H16O4. The second-order valence-electron chi connectivity index (χ2n) is 3.36. The minimum absolute atomic E-state index is 0.0899. The molecule has 0 radical (unpaired) electrons. The lowest BCUT2D eigenvalue weighted by Gasteiger charge is -2.13. The Labute approximate surface area is 101 Å². The Morgan fingerprint density at radius 2 is 1.88 bits per heavy atom. The zero-order valence-electron chi connectivity index (χ0n) is 10.3. The molecule has 0 bridgehead atoms. The van der Waals surface area contributed by atoms with Gasteiger partial charge in [0.15, 0.2) is 17.3 Å². The van der Waals surface area contributed by atoms with Crippen molar-refractivity contribution in [3.63, 3.8) is 0 Å². The zero-order chi connectivity index (χ0) is 12.8. The summed E-state index contributed by atoms with van der Waals surface area (Å²) >= 11 is 0. The van der Waals surface area contributed by atoms with E-state index in [1.54, 1.807) is 18.2 Å². The average molecular weight is 236 g/mol. The van der Waals surface area contributed by atoms with Crippen LogP contribution < -0.4 is 14.2 Å². The molecule has 0 fully saturated rings. The lowest BCUT2D eigenvalue weighted by Crippen LogP contribution is -2.02. The van der Waals surface area contributed by atoms with E-state index in [4.69, 9.17) is 14.2 Å². The molecule has 0 amide bonds. The van der Waals surface area contributed by atoms with Crippen molar-refractivity contribution in [2.45, 2.75) is 6.92 Å². The molecule has 0 atom stereocenters. The van der Waals surface area contributed by atoms with Gasteiger partial charge in [0.05, 0.1) is 19.8 Å². The van der Waals surface area contributed by atoms with Gasteiger partial charge in [-0.2, -0.15) is 0 Å². The van der Waals surface area contributed by atoms with Crippen LogP contribution in [0.25, 0.3) is 0 Å². The number of carbonyl (C=O) groups is 1. The van der Waals surface area contributed by atoms with Crippen LogP contribution in [0.4, 0.5) is 0 Å². The van der Waals surface area contributed by atoms with Crippen LogP contribution in [-0.4, -0.2) is 26.6 Å². The Balaban J connectivity index is 3.23. The van der Waals surface area contributed by atoms with Gasteiger partial charge in [-0.25, -0.2) is 0 Å². The minimum atomic E-state index is -0.0899. The first-order chi connectivity index (χ1) is 8.13. The number of methoxy groups -OCH3 is 2. The van der Waals surface area contributed by atoms with Crippen LogP contribution in [0.5, 0.6) is 17.2 Å². The molecule has 0 unspecified atom stereocenters. The molecule has 1 aromatic carbocycles. The molecule has 0 aliphatic rings. The summed E-state index contributed by atoms with van der Waals surface area (Å²) in [6, 6.07) is 3.25. The predicted molar refractivity (Wildman–Crippen MR) is 65.2 cm³/mol. The molecule has 1 rings (SSSR count). The lowest BCUT2D eigenvalue weighted by atomic mass is 10.1. The molecule has 0 saturated heterocycles. The third-order valence-corrected chi connectivity index (χ3v) is 2.22. The average Bonchev–Trinajstić information content (AvgIpc) is 2.34. The molecule has 1 aromatic rings. The van der Waals surface area contributed by atoms with E-state index in [1.807, 2.05) is 0 Å². The van der Waals surface area contributed by atoms with E-state index in [9.17, 15) is 4.79 Å². The predicted octanol–water partition coefficient (Wildman–Crippen LogP) is 2.47. The number of hydrogen-bond donors (Lipinski definition) is 0. The second kappa shape index (κ2) is 5.94. The molecule has 4 nitrogen and oxygen atoms in total. The van der Waals surface area contributed by atoms with Gasteiger partial charge in [0, 0.05) is 6.07 Å². The van der Waals surface area contributed by atoms with Gasteiger partial charge < -0.3 is 14.2 Å². The van der Waals surface area contributed by atoms with E-state index in [0.717, 1.165) is 0 Å². The van der Waals surface area contributed by atoms with Gasteiger partial charge in [-0.3, -0.25) is 4.79 Å². The maximum Gasteiger partial charge on any atom is 0.164 e. The highest BCUT2D eigenvalue weighted by Crippen LogP contribution is 2.35. The van der Waals surface area contributed by atoms with Crippen LogP contribution in [0.2, 0.25) is 0 Å². The van der Waals surface area contributed by atoms with Crippen molar-refractivity contribution in [1.29, 1.82) is 0 Å². The van der Waals surface area contributed by atoms with Crippen molar-refractivity contribution in [3.05, 3.63) is 30.4 Å². The number of ketones is 1. The summed E-state index contributed by atoms with van der Waals surface area (Å²) in [6.45, 7) is 5.39. The highest BCUT2D eigenvalue weighted by molar-refractivity contribution is 5.97. The number of Topliss-reactive ketones (excluding diaryl/α,β-unsaturated/α-hetero) is 1. The fraction of sp³-hybridized carbons (Fsp3) is 0.308. The molecule has 0 saturated carbocycles. The molecule has 0 heterocycles. The number of hydrogen-bond acceptors (Lipinski definition) is 4. The summed E-state index contributed by atoms with van der Waals surface area (Å²) in [5, 5.41) is 0. The number of rotatable bonds is 6. The van der Waals surface area contributed by atoms with Gasteiger partial charge in [-0.05, 0) is 13.0 Å². The number of benzene rings is 1. The third kappa shape index (κ3) is 3.00. The van der Waals surface area contributed by atoms with E-state index in [-0.39, 0.29) is 5.78 Å². The Morgan fingerprint density at radius 3 is 2.35 bits per heavy atom. The van der Waals surface area contributed by atoms with E-state index >= 15 is 0 Å². The number of ether oxygens (including phenoxy) is 3. The molecule has 92 valence electrons. The molecule has 0 N–H and O–H groups in total. The van der Waals surface area contributed by atoms with Gasteiger partial charge in [-0.1, -0.05) is 12.7 Å². The Hall–Kier alpha value is -1.97. The molecule has 0 aliphatic carbocycles. The van der Waals surface area contributed by atoms with Crippen molar-refractivity contribution in [3.8, 4) is 17.2 Å². The van der Waals surface area contributed by atoms with Gasteiger partial charge in [0.25, 0.3) is 0 Å². The quantitative estimate of drug-likeness (QED) is 0.562. The van der Waals surface area contributed by atoms with Crippen LogP contribution in [-0.2, 0) is 0 Å². The zero-order valence-corrected chi connectivity index (χ0v) is 10.3. The van der Waals surface area contributed by atoms with E-state index in [2.05, 4.69) is 6.58 Å². The molecule has 0 aromatic heterocycles. The van der Waals surface area contributed by atoms with Crippen LogP contribution in [0, 0.1) is 0 Å². The monoisotopic (exact) mass is 236 g/mol. The summed E-state index contributed by atoms with van der Waals surface area (Å²) in [7, 11) is 3.04. The summed E-state index contributed by atoms with van der Waals surface area (Å²) in [6.07, 6.45) is 1.62. The highest BCUT2D eigenvalue weighted by atomic mass is 16.5. The normalized spacial score (nSPS) is 9.59. The molecule has 0 spiro atoms. The minimum Gasteiger partial charge on any atom is -0.496 e. The standard InChI is InChI=1S/C13H16O4/c1-5-6-17-13-7-10(9(2)14)11(15-3)8-12(13)16-4/h5,7-8H,1,6H2,2-4H3. The van der Waals surface area contributed by atoms with Crippen molar-refractivity contribution < 1.29 is 19.0 Å². The molecular weight excluding hydrogens is 220 g/mol. The molecule has 4 heteroatoms. The second-order valence-corrected chi connectivity index (χ2v) is 3.36. The van der Waals surface area contributed by atoms with E-state index in [1.165, 1.54) is 21.1 Å². The summed E-state index contributed by atoms with van der Waals surface area (Å²) < 4.78 is 15.7. The number of carbonyl (C=O) groups excluding carboxylic acids is 1. The van der Waals surface area contributed by atoms with Crippen molar-refractivity contribution in [2.24, 2.45) is 0 Å². The first-order valence-electron chi connectivity index (χ1n) is 5.14. The van der Waals surface area contributed by atoms with Gasteiger partial charge in [-0.15, -0.1) is 0 Å². The first kappa shape index (κ1) is 13.1. The first-order valence-corrected chi connectivity index (χ1v) is 5.14. The smallest absolute Gasteiger partial charge is 0.164 e. The largest absolute Gasteiger partial charge is 0.496 e. The maximum atomic E-state index is 11.5. The SMILES string of the molecule is C=CCOc1cc(C(C)=O)c(OC)cc1OC. The summed E-state index contributed by atoms with van der Waals surface area (Å²) in [4.78, 5) is 11.5. The van der Waals surface area contributed by atoms with Crippen LogP contribution >= 0.6 is 0 Å². The fourth-order valence-electron chi connectivity index (χ4n) is 1.41. The van der Waals surface area contributed by atoms with Gasteiger partial charge in [0.1, 0.15) is 12.4 Å². The van der Waals surface area contributed by atoms with E-state index < -0.39 is 0 Å². The van der Waals surface area contributed by atoms with Crippen LogP contribution in [0.3, 0.4) is 0 Å². The fourth-order valence-corrected chi connectivity index (χ4v) is 1.41. The lowest BCUT2D eigenvalue weighted by molar-refractivity contribution is 0.101. The summed E-state index contributed by atoms with van der Waals surface area (Å²) in [5.41, 5.74) is 0.465. The van der Waals surface area contributed by atoms with Gasteiger partial charge >= 0.3 is 0 Å². The van der Waals surface area contributed by atoms with Crippen molar-refractivity contribution in [1.82, 2.24) is 0 Å². The topological polar surface area (TPSA) is 44.8 Å². The third-order valence-electron chi connectivity index (χ3n) is 2.22. The maximum absolute atomic E-state index is 11.5. The summed E-state index contributed by atoms with van der Waals surface area (Å²) in [5.74, 6) is 1.40. The molecule has 17 heavy (non-hydrogen) atoms.